The molecule has 3 rings (SSSR count). The molecule has 1 heterocycles. The number of methoxy groups -OCH3 is 3. The quantitative estimate of drug-likeness (QED) is 0.223. The van der Waals surface area contributed by atoms with Gasteiger partial charge in [0.1, 0.15) is 17.7 Å². The Bertz CT molecular complexity index is 964. The van der Waals surface area contributed by atoms with Crippen LogP contribution in [-0.4, -0.2) is 92.1 Å². The molecule has 1 aromatic carbocycles. The fraction of sp³-hybridized carbons (Fsp3) is 0.692. The van der Waals surface area contributed by atoms with Gasteiger partial charge in [-0.2, -0.15) is 0 Å². The summed E-state index contributed by atoms with van der Waals surface area (Å²) in [7, 11) is 4.60. The Morgan fingerprint density at radius 2 is 1.81 bits per heavy atom. The van der Waals surface area contributed by atoms with Crippen LogP contribution in [0.2, 0.25) is 0 Å². The number of aliphatic hydroxyl groups excluding tert-OH is 3. The van der Waals surface area contributed by atoms with Crippen molar-refractivity contribution in [1.82, 2.24) is 10.6 Å². The Balaban J connectivity index is 1.70. The number of aliphatic hydroxyl groups is 3. The minimum Gasteiger partial charge on any atom is -0.493 e. The second kappa shape index (κ2) is 12.3. The number of hydrogen-bond acceptors (Lipinski definition) is 9. The number of nitrogens with one attached hydrogen (secondary N) is 2. The Morgan fingerprint density at radius 1 is 1.14 bits per heavy atom. The Labute approximate surface area is 217 Å². The minimum absolute atomic E-state index is 0.129. The van der Waals surface area contributed by atoms with E-state index in [0.29, 0.717) is 42.9 Å². The summed E-state index contributed by atoms with van der Waals surface area (Å²) in [4.78, 5) is 26.2. The summed E-state index contributed by atoms with van der Waals surface area (Å²) in [6.45, 7) is 3.09. The van der Waals surface area contributed by atoms with E-state index < -0.39 is 42.2 Å². The third kappa shape index (κ3) is 6.28. The van der Waals surface area contributed by atoms with Crippen molar-refractivity contribution in [3.8, 4) is 17.2 Å². The van der Waals surface area contributed by atoms with Gasteiger partial charge in [0.05, 0.1) is 47.2 Å². The summed E-state index contributed by atoms with van der Waals surface area (Å²) in [6.07, 6.45) is 0.812. The van der Waals surface area contributed by atoms with E-state index in [1.54, 1.807) is 7.11 Å². The molecule has 2 amide bonds. The second-order valence-corrected chi connectivity index (χ2v) is 10.2. The molecule has 1 aromatic rings. The van der Waals surface area contributed by atoms with Crippen molar-refractivity contribution in [3.05, 3.63) is 17.2 Å². The predicted octanol–water partition coefficient (Wildman–Crippen LogP) is -0.0525. The standard InChI is InChI=1S/C26H40N2O9/c1-14(2)8-18(23(31)26(12-30)13-37-26)27-25(33)19(11-29)28-24(32)16-7-6-15-10-20(34-3)22(36-5)21(35-4)17(15)9-16/h10,14,16,18-19,23,29-31H,6-9,11-13H2,1-5H3,(H,27,33)(H,28,32)/t16?,18?,19-,23?,26?/m0/s1. The maximum atomic E-state index is 13.2. The van der Waals surface area contributed by atoms with Crippen LogP contribution in [0, 0.1) is 11.8 Å². The zero-order chi connectivity index (χ0) is 27.3. The third-order valence-corrected chi connectivity index (χ3v) is 7.18. The normalized spacial score (nSPS) is 22.9. The SMILES string of the molecule is COc1cc2c(c(OC)c1OC)CC(C(=O)N[C@@H](CO)C(=O)NC(CC(C)C)C(O)C1(CO)CO1)CC2. The summed E-state index contributed by atoms with van der Waals surface area (Å²) in [5.74, 6) is 0.213. The van der Waals surface area contributed by atoms with Gasteiger partial charge in [0.25, 0.3) is 0 Å². The minimum atomic E-state index is -1.20. The summed E-state index contributed by atoms with van der Waals surface area (Å²) in [5, 5.41) is 35.7. The maximum Gasteiger partial charge on any atom is 0.245 e. The molecule has 5 N–H and O–H groups in total. The average molecular weight is 525 g/mol. The third-order valence-electron chi connectivity index (χ3n) is 7.18. The number of amides is 2. The van der Waals surface area contributed by atoms with Gasteiger partial charge in [-0.25, -0.2) is 0 Å². The van der Waals surface area contributed by atoms with Gasteiger partial charge < -0.3 is 44.9 Å². The van der Waals surface area contributed by atoms with Crippen molar-refractivity contribution in [1.29, 1.82) is 0 Å². The van der Waals surface area contributed by atoms with E-state index in [1.165, 1.54) is 14.2 Å². The molecule has 1 aliphatic carbocycles. The molecule has 208 valence electrons. The fourth-order valence-electron chi connectivity index (χ4n) is 4.97. The van der Waals surface area contributed by atoms with Crippen molar-refractivity contribution in [2.24, 2.45) is 11.8 Å². The van der Waals surface area contributed by atoms with Crippen molar-refractivity contribution in [3.63, 3.8) is 0 Å². The topological polar surface area (TPSA) is 159 Å². The number of fused-ring (bicyclic) bond motifs is 1. The van der Waals surface area contributed by atoms with Gasteiger partial charge in [0, 0.05) is 11.5 Å². The summed E-state index contributed by atoms with van der Waals surface area (Å²) < 4.78 is 21.7. The molecule has 11 heteroatoms. The number of carbonyl (C=O) groups is 2. The highest BCUT2D eigenvalue weighted by atomic mass is 16.6. The van der Waals surface area contributed by atoms with Crippen LogP contribution in [0.1, 0.15) is 37.8 Å². The lowest BCUT2D eigenvalue weighted by Crippen LogP contribution is -2.58. The molecule has 11 nitrogen and oxygen atoms in total. The number of rotatable bonds is 13. The number of benzene rings is 1. The Hall–Kier alpha value is -2.60. The molecule has 0 spiro atoms. The Kier molecular flexibility index (Phi) is 9.63. The Morgan fingerprint density at radius 3 is 2.32 bits per heavy atom. The first-order chi connectivity index (χ1) is 17.6. The van der Waals surface area contributed by atoms with E-state index in [2.05, 4.69) is 10.6 Å². The van der Waals surface area contributed by atoms with E-state index in [0.717, 1.165) is 11.1 Å². The lowest BCUT2D eigenvalue weighted by atomic mass is 9.82. The molecule has 37 heavy (non-hydrogen) atoms. The first-order valence-corrected chi connectivity index (χ1v) is 12.6. The van der Waals surface area contributed by atoms with Crippen LogP contribution in [0.15, 0.2) is 6.07 Å². The molecule has 0 aromatic heterocycles. The van der Waals surface area contributed by atoms with E-state index >= 15 is 0 Å². The van der Waals surface area contributed by atoms with Gasteiger partial charge in [-0.1, -0.05) is 13.8 Å². The van der Waals surface area contributed by atoms with Crippen molar-refractivity contribution in [2.75, 3.05) is 41.2 Å². The summed E-state index contributed by atoms with van der Waals surface area (Å²) in [6, 6.07) is -0.0351. The number of ether oxygens (including phenoxy) is 4. The van der Waals surface area contributed by atoms with Crippen LogP contribution in [-0.2, 0) is 27.2 Å². The van der Waals surface area contributed by atoms with Gasteiger partial charge in [0.2, 0.25) is 17.6 Å². The van der Waals surface area contributed by atoms with Crippen LogP contribution in [0.4, 0.5) is 0 Å². The van der Waals surface area contributed by atoms with Gasteiger partial charge in [-0.15, -0.1) is 0 Å². The molecule has 4 unspecified atom stereocenters. The van der Waals surface area contributed by atoms with E-state index in [1.807, 2.05) is 19.9 Å². The number of hydrogen-bond donors (Lipinski definition) is 5. The number of epoxide rings is 1. The summed E-state index contributed by atoms with van der Waals surface area (Å²) >= 11 is 0. The number of carbonyl (C=O) groups excluding carboxylic acids is 2. The highest BCUT2D eigenvalue weighted by Crippen LogP contribution is 2.45. The van der Waals surface area contributed by atoms with Crippen LogP contribution in [0.25, 0.3) is 0 Å². The molecule has 2 aliphatic rings. The fourth-order valence-corrected chi connectivity index (χ4v) is 4.97. The van der Waals surface area contributed by atoms with Crippen LogP contribution < -0.4 is 24.8 Å². The molecule has 1 aliphatic heterocycles. The van der Waals surface area contributed by atoms with Crippen LogP contribution in [0.3, 0.4) is 0 Å². The van der Waals surface area contributed by atoms with E-state index in [-0.39, 0.29) is 25.0 Å². The summed E-state index contributed by atoms with van der Waals surface area (Å²) in [5.41, 5.74) is 0.749. The lowest BCUT2D eigenvalue weighted by molar-refractivity contribution is -0.133. The molecule has 1 fully saturated rings. The van der Waals surface area contributed by atoms with Crippen molar-refractivity contribution < 1.29 is 43.9 Å². The van der Waals surface area contributed by atoms with Crippen LogP contribution in [0.5, 0.6) is 17.2 Å². The molecule has 0 radical (unpaired) electrons. The molecular weight excluding hydrogens is 484 g/mol. The van der Waals surface area contributed by atoms with Crippen molar-refractivity contribution >= 4 is 11.8 Å². The van der Waals surface area contributed by atoms with Gasteiger partial charge in [-0.3, -0.25) is 9.59 Å². The molecule has 5 atom stereocenters. The average Bonchev–Trinajstić information content (AvgIpc) is 3.70. The van der Waals surface area contributed by atoms with Gasteiger partial charge >= 0.3 is 0 Å². The largest absolute Gasteiger partial charge is 0.493 e. The monoisotopic (exact) mass is 524 g/mol. The predicted molar refractivity (Wildman–Crippen MR) is 134 cm³/mol. The van der Waals surface area contributed by atoms with Crippen molar-refractivity contribution in [2.45, 2.75) is 63.3 Å². The molecular formula is C26H40N2O9. The van der Waals surface area contributed by atoms with E-state index in [4.69, 9.17) is 18.9 Å². The maximum absolute atomic E-state index is 13.2. The van der Waals surface area contributed by atoms with Crippen LogP contribution >= 0.6 is 0 Å². The smallest absolute Gasteiger partial charge is 0.245 e. The lowest BCUT2D eigenvalue weighted by Gasteiger charge is -2.31. The molecule has 0 bridgehead atoms. The zero-order valence-electron chi connectivity index (χ0n) is 22.2. The first kappa shape index (κ1) is 29.0. The van der Waals surface area contributed by atoms with E-state index in [9.17, 15) is 24.9 Å². The molecule has 0 saturated carbocycles. The number of aryl methyl sites for hydroxylation is 1. The first-order valence-electron chi connectivity index (χ1n) is 12.6. The highest BCUT2D eigenvalue weighted by Gasteiger charge is 2.54. The highest BCUT2D eigenvalue weighted by molar-refractivity contribution is 5.89. The molecule has 1 saturated heterocycles. The van der Waals surface area contributed by atoms with Gasteiger partial charge in [0.15, 0.2) is 11.5 Å². The zero-order valence-corrected chi connectivity index (χ0v) is 22.2. The van der Waals surface area contributed by atoms with Gasteiger partial charge in [-0.05, 0) is 43.2 Å². The second-order valence-electron chi connectivity index (χ2n) is 10.2.